The molecule has 0 atom stereocenters. The Morgan fingerprint density at radius 2 is 1.60 bits per heavy atom. The molecule has 5 heteroatoms. The quantitative estimate of drug-likeness (QED) is 0.516. The molecule has 132 valence electrons. The topological polar surface area (TPSA) is 61.8 Å². The maximum atomic E-state index is 11.5. The van der Waals surface area contributed by atoms with E-state index in [0.29, 0.717) is 43.0 Å². The predicted octanol–water partition coefficient (Wildman–Crippen LogP) is 4.02. The van der Waals surface area contributed by atoms with Crippen molar-refractivity contribution in [1.82, 2.24) is 0 Å². The van der Waals surface area contributed by atoms with Crippen LogP contribution in [0.2, 0.25) is 0 Å². The van der Waals surface area contributed by atoms with E-state index in [1.807, 2.05) is 12.2 Å². The van der Waals surface area contributed by atoms with Crippen molar-refractivity contribution in [3.8, 4) is 0 Å². The highest BCUT2D eigenvalue weighted by molar-refractivity contribution is 5.87. The fourth-order valence-electron chi connectivity index (χ4n) is 2.23. The maximum Gasteiger partial charge on any atom is 0.338 e. The van der Waals surface area contributed by atoms with Crippen LogP contribution in [0.1, 0.15) is 32.6 Å². The summed E-state index contributed by atoms with van der Waals surface area (Å²) < 4.78 is 16.1. The van der Waals surface area contributed by atoms with Crippen LogP contribution in [-0.4, -0.2) is 18.5 Å². The van der Waals surface area contributed by atoms with Crippen LogP contribution in [0.3, 0.4) is 0 Å². The highest BCUT2D eigenvalue weighted by Crippen LogP contribution is 2.24. The lowest BCUT2D eigenvalue weighted by molar-refractivity contribution is -0.135. The first-order chi connectivity index (χ1) is 12.0. The third kappa shape index (κ3) is 5.95. The summed E-state index contributed by atoms with van der Waals surface area (Å²) in [6.07, 6.45) is 11.2. The fraction of sp³-hybridized carbons (Fsp3) is 0.300. The molecule has 0 spiro atoms. The lowest BCUT2D eigenvalue weighted by Crippen LogP contribution is -2.09. The smallest absolute Gasteiger partial charge is 0.338 e. The van der Waals surface area contributed by atoms with Crippen molar-refractivity contribution in [1.29, 1.82) is 0 Å². The monoisotopic (exact) mass is 342 g/mol. The summed E-state index contributed by atoms with van der Waals surface area (Å²) in [7, 11) is 0. The maximum absolute atomic E-state index is 11.5. The molecule has 5 nitrogen and oxygen atoms in total. The van der Waals surface area contributed by atoms with Crippen LogP contribution < -0.4 is 0 Å². The minimum absolute atomic E-state index is 0.377. The summed E-state index contributed by atoms with van der Waals surface area (Å²) in [6.45, 7) is 9.03. The number of rotatable bonds is 7. The molecule has 2 aliphatic carbocycles. The average molecular weight is 342 g/mol. The van der Waals surface area contributed by atoms with Crippen LogP contribution in [0.25, 0.3) is 0 Å². The van der Waals surface area contributed by atoms with Gasteiger partial charge in [0.1, 0.15) is 18.1 Å². The molecule has 0 N–H and O–H groups in total. The first kappa shape index (κ1) is 18.5. The van der Waals surface area contributed by atoms with Crippen LogP contribution in [-0.2, 0) is 23.8 Å². The van der Waals surface area contributed by atoms with Crippen molar-refractivity contribution in [3.63, 3.8) is 0 Å². The van der Waals surface area contributed by atoms with Gasteiger partial charge >= 0.3 is 11.9 Å². The van der Waals surface area contributed by atoms with Gasteiger partial charge in [0.15, 0.2) is 0 Å². The molecule has 0 unspecified atom stereocenters. The SMILES string of the molecule is C=CC(=O)OC1=CC=C(COC2=CC=C(OC(=O)C(=C)C)CC2)CC1. The Balaban J connectivity index is 1.82. The molecule has 0 radical (unpaired) electrons. The zero-order chi connectivity index (χ0) is 18.2. The first-order valence-corrected chi connectivity index (χ1v) is 8.11. The van der Waals surface area contributed by atoms with Gasteiger partial charge in [0.25, 0.3) is 0 Å². The van der Waals surface area contributed by atoms with E-state index in [1.54, 1.807) is 19.1 Å². The summed E-state index contributed by atoms with van der Waals surface area (Å²) >= 11 is 0. The molecule has 25 heavy (non-hydrogen) atoms. The number of ether oxygens (including phenoxy) is 3. The Bertz CT molecular complexity index is 704. The van der Waals surface area contributed by atoms with Gasteiger partial charge in [-0.05, 0) is 37.1 Å². The van der Waals surface area contributed by atoms with E-state index in [9.17, 15) is 9.59 Å². The average Bonchev–Trinajstić information content (AvgIpc) is 2.62. The van der Waals surface area contributed by atoms with E-state index in [4.69, 9.17) is 14.2 Å². The van der Waals surface area contributed by atoms with Crippen molar-refractivity contribution in [3.05, 3.63) is 72.0 Å². The van der Waals surface area contributed by atoms with Crippen molar-refractivity contribution < 1.29 is 23.8 Å². The lowest BCUT2D eigenvalue weighted by Gasteiger charge is -2.18. The molecule has 2 aliphatic rings. The molecule has 0 saturated heterocycles. The Morgan fingerprint density at radius 3 is 2.16 bits per heavy atom. The second-order valence-corrected chi connectivity index (χ2v) is 5.81. The van der Waals surface area contributed by atoms with Crippen LogP contribution in [0.15, 0.2) is 72.0 Å². The number of carbonyl (C=O) groups is 2. The molecule has 0 saturated carbocycles. The third-order valence-electron chi connectivity index (χ3n) is 3.68. The Labute approximate surface area is 147 Å². The first-order valence-electron chi connectivity index (χ1n) is 8.11. The van der Waals surface area contributed by atoms with Gasteiger partial charge < -0.3 is 14.2 Å². The zero-order valence-corrected chi connectivity index (χ0v) is 14.4. The molecule has 0 amide bonds. The Kier molecular flexibility index (Phi) is 6.57. The van der Waals surface area contributed by atoms with Gasteiger partial charge in [0.05, 0.1) is 5.76 Å². The summed E-state index contributed by atoms with van der Waals surface area (Å²) in [5, 5.41) is 0. The number of carbonyl (C=O) groups excluding carboxylic acids is 2. The van der Waals surface area contributed by atoms with Crippen molar-refractivity contribution in [2.45, 2.75) is 32.6 Å². The Hall–Kier alpha value is -2.82. The van der Waals surface area contributed by atoms with Gasteiger partial charge in [-0.1, -0.05) is 19.2 Å². The lowest BCUT2D eigenvalue weighted by atomic mass is 10.0. The van der Waals surface area contributed by atoms with Gasteiger partial charge in [0, 0.05) is 30.9 Å². The van der Waals surface area contributed by atoms with E-state index < -0.39 is 11.9 Å². The van der Waals surface area contributed by atoms with Crippen molar-refractivity contribution in [2.24, 2.45) is 0 Å². The van der Waals surface area contributed by atoms with Gasteiger partial charge in [-0.15, -0.1) is 0 Å². The minimum atomic E-state index is -0.443. The third-order valence-corrected chi connectivity index (χ3v) is 3.68. The van der Waals surface area contributed by atoms with E-state index >= 15 is 0 Å². The summed E-state index contributed by atoms with van der Waals surface area (Å²) in [6, 6.07) is 0. The normalized spacial score (nSPS) is 16.5. The molecule has 0 heterocycles. The zero-order valence-electron chi connectivity index (χ0n) is 14.4. The molecular weight excluding hydrogens is 320 g/mol. The molecule has 0 bridgehead atoms. The summed E-state index contributed by atoms with van der Waals surface area (Å²) in [5.41, 5.74) is 1.50. The number of hydrogen-bond acceptors (Lipinski definition) is 5. The van der Waals surface area contributed by atoms with Gasteiger partial charge in [-0.3, -0.25) is 0 Å². The fourth-order valence-corrected chi connectivity index (χ4v) is 2.23. The Morgan fingerprint density at radius 1 is 1.00 bits per heavy atom. The predicted molar refractivity (Wildman–Crippen MR) is 93.9 cm³/mol. The van der Waals surface area contributed by atoms with E-state index in [-0.39, 0.29) is 0 Å². The molecule has 0 aromatic carbocycles. The van der Waals surface area contributed by atoms with E-state index in [2.05, 4.69) is 13.2 Å². The molecule has 0 aliphatic heterocycles. The van der Waals surface area contributed by atoms with Crippen LogP contribution in [0, 0.1) is 0 Å². The second kappa shape index (κ2) is 8.87. The highest BCUT2D eigenvalue weighted by atomic mass is 16.5. The van der Waals surface area contributed by atoms with E-state index in [1.165, 1.54) is 0 Å². The van der Waals surface area contributed by atoms with Crippen LogP contribution in [0.5, 0.6) is 0 Å². The number of allylic oxidation sites excluding steroid dienone is 7. The van der Waals surface area contributed by atoms with Crippen LogP contribution in [0.4, 0.5) is 0 Å². The molecule has 0 aromatic heterocycles. The molecular formula is C20H22O5. The molecule has 2 rings (SSSR count). The number of hydrogen-bond donors (Lipinski definition) is 0. The van der Waals surface area contributed by atoms with Gasteiger partial charge in [-0.2, -0.15) is 0 Å². The second-order valence-electron chi connectivity index (χ2n) is 5.81. The van der Waals surface area contributed by atoms with Crippen LogP contribution >= 0.6 is 0 Å². The van der Waals surface area contributed by atoms with Crippen molar-refractivity contribution >= 4 is 11.9 Å². The number of esters is 2. The largest absolute Gasteiger partial charge is 0.494 e. The minimum Gasteiger partial charge on any atom is -0.494 e. The van der Waals surface area contributed by atoms with Gasteiger partial charge in [-0.25, -0.2) is 9.59 Å². The summed E-state index contributed by atoms with van der Waals surface area (Å²) in [5.74, 6) is 1.26. The molecule has 0 fully saturated rings. The van der Waals surface area contributed by atoms with Crippen molar-refractivity contribution in [2.75, 3.05) is 6.61 Å². The summed E-state index contributed by atoms with van der Waals surface area (Å²) in [4.78, 5) is 22.6. The van der Waals surface area contributed by atoms with E-state index in [0.717, 1.165) is 23.8 Å². The highest BCUT2D eigenvalue weighted by Gasteiger charge is 2.14. The van der Waals surface area contributed by atoms with Gasteiger partial charge in [0.2, 0.25) is 0 Å². The standard InChI is InChI=1S/C20H22O5/c1-4-19(21)24-17-7-5-15(6-8-17)13-23-16-9-11-18(12-10-16)25-20(22)14(2)3/h4-5,7,9,11H,1-2,6,8,10,12-13H2,3H3. The molecule has 0 aromatic rings.